The van der Waals surface area contributed by atoms with Crippen LogP contribution in [-0.2, 0) is 0 Å². The summed E-state index contributed by atoms with van der Waals surface area (Å²) in [6.07, 6.45) is 14.4. The number of benzene rings is 4. The Balaban J connectivity index is 1.13. The van der Waals surface area contributed by atoms with Crippen molar-refractivity contribution in [3.63, 3.8) is 0 Å². The maximum atomic E-state index is 5.08. The summed E-state index contributed by atoms with van der Waals surface area (Å²) in [6, 6.07) is 40.1. The molecule has 9 rings (SSSR count). The Morgan fingerprint density at radius 1 is 0.617 bits per heavy atom. The van der Waals surface area contributed by atoms with Crippen molar-refractivity contribution in [1.82, 2.24) is 19.9 Å². The number of rotatable bonds is 5. The quantitative estimate of drug-likeness (QED) is 0.191. The molecule has 0 spiro atoms. The van der Waals surface area contributed by atoms with E-state index in [4.69, 9.17) is 19.9 Å². The number of allylic oxidation sites excluding steroid dienone is 5. The molecule has 3 atom stereocenters. The molecule has 3 heterocycles. The van der Waals surface area contributed by atoms with Crippen LogP contribution >= 0.6 is 11.8 Å². The number of aromatic nitrogens is 4. The number of fused-ring (bicyclic) bond motifs is 2. The average Bonchev–Trinajstić information content (AvgIpc) is 3.16. The van der Waals surface area contributed by atoms with Crippen LogP contribution in [0, 0.1) is 5.92 Å². The highest BCUT2D eigenvalue weighted by atomic mass is 32.2. The van der Waals surface area contributed by atoms with Gasteiger partial charge in [0.2, 0.25) is 0 Å². The van der Waals surface area contributed by atoms with Gasteiger partial charge in [-0.05, 0) is 51.8 Å². The molecule has 0 fully saturated rings. The second-order valence-corrected chi connectivity index (χ2v) is 13.3. The Morgan fingerprint density at radius 3 is 2.02 bits per heavy atom. The molecule has 0 saturated carbocycles. The molecule has 47 heavy (non-hydrogen) atoms. The summed E-state index contributed by atoms with van der Waals surface area (Å²) in [5, 5.41) is 0. The summed E-state index contributed by atoms with van der Waals surface area (Å²) in [4.78, 5) is 22.7. The van der Waals surface area contributed by atoms with E-state index >= 15 is 0 Å². The van der Waals surface area contributed by atoms with Crippen molar-refractivity contribution in [2.45, 2.75) is 23.2 Å². The Labute approximate surface area is 278 Å². The van der Waals surface area contributed by atoms with Crippen molar-refractivity contribution < 1.29 is 0 Å². The van der Waals surface area contributed by atoms with E-state index in [-0.39, 0.29) is 5.92 Å². The SMILES string of the molecule is C1=CCC2C(=C1)Sc1ccnc3c1C2C(c1cccc(-c2nc(-c4ccccc4)nc(-c4ccc(-c5ccccc5)cc4)n2)c1)C=C3. The fraction of sp³-hybridized carbons (Fsp3) is 0.0952. The molecule has 4 nitrogen and oxygen atoms in total. The van der Waals surface area contributed by atoms with Crippen LogP contribution in [0.4, 0.5) is 0 Å². The number of pyridine rings is 1. The molecule has 0 bridgehead atoms. The van der Waals surface area contributed by atoms with E-state index in [0.717, 1.165) is 34.4 Å². The zero-order chi connectivity index (χ0) is 31.2. The summed E-state index contributed by atoms with van der Waals surface area (Å²) < 4.78 is 0. The van der Waals surface area contributed by atoms with Gasteiger partial charge in [0.05, 0.1) is 5.69 Å². The van der Waals surface area contributed by atoms with Gasteiger partial charge in [-0.1, -0.05) is 139 Å². The van der Waals surface area contributed by atoms with E-state index in [1.807, 2.05) is 42.2 Å². The van der Waals surface area contributed by atoms with Gasteiger partial charge in [0.25, 0.3) is 0 Å². The van der Waals surface area contributed by atoms with Gasteiger partial charge in [0.15, 0.2) is 17.5 Å². The van der Waals surface area contributed by atoms with E-state index < -0.39 is 0 Å². The molecule has 2 aliphatic carbocycles. The van der Waals surface area contributed by atoms with Crippen molar-refractivity contribution in [1.29, 1.82) is 0 Å². The Kier molecular flexibility index (Phi) is 6.98. The highest BCUT2D eigenvalue weighted by Gasteiger charge is 2.41. The molecule has 0 amide bonds. The molecular formula is C42H30N4S. The molecule has 4 aromatic carbocycles. The molecule has 3 unspecified atom stereocenters. The van der Waals surface area contributed by atoms with Crippen LogP contribution < -0.4 is 0 Å². The summed E-state index contributed by atoms with van der Waals surface area (Å²) in [7, 11) is 0. The molecular weight excluding hydrogens is 593 g/mol. The maximum absolute atomic E-state index is 5.08. The first-order valence-corrected chi connectivity index (χ1v) is 16.9. The van der Waals surface area contributed by atoms with Gasteiger partial charge in [0, 0.05) is 45.5 Å². The minimum absolute atomic E-state index is 0.214. The summed E-state index contributed by atoms with van der Waals surface area (Å²) in [5.41, 5.74) is 9.01. The molecule has 224 valence electrons. The molecule has 0 radical (unpaired) electrons. The zero-order valence-corrected chi connectivity index (χ0v) is 26.4. The van der Waals surface area contributed by atoms with E-state index in [1.165, 1.54) is 26.5 Å². The minimum atomic E-state index is 0.214. The highest BCUT2D eigenvalue weighted by Crippen LogP contribution is 2.58. The summed E-state index contributed by atoms with van der Waals surface area (Å²) in [6.45, 7) is 0. The molecule has 0 saturated heterocycles. The minimum Gasteiger partial charge on any atom is -0.257 e. The third-order valence-corrected chi connectivity index (χ3v) is 10.7. The first-order chi connectivity index (χ1) is 23.3. The highest BCUT2D eigenvalue weighted by molar-refractivity contribution is 8.03. The van der Waals surface area contributed by atoms with Crippen LogP contribution in [0.2, 0.25) is 0 Å². The van der Waals surface area contributed by atoms with E-state index in [9.17, 15) is 0 Å². The Morgan fingerprint density at radius 2 is 1.26 bits per heavy atom. The van der Waals surface area contributed by atoms with Crippen molar-refractivity contribution in [3.05, 3.63) is 167 Å². The topological polar surface area (TPSA) is 51.6 Å². The van der Waals surface area contributed by atoms with Crippen LogP contribution in [0.15, 0.2) is 156 Å². The number of nitrogens with zero attached hydrogens (tertiary/aromatic N) is 4. The number of hydrogen-bond donors (Lipinski definition) is 0. The van der Waals surface area contributed by atoms with Crippen LogP contribution in [0.5, 0.6) is 0 Å². The smallest absolute Gasteiger partial charge is 0.164 e. The predicted octanol–water partition coefficient (Wildman–Crippen LogP) is 10.4. The fourth-order valence-corrected chi connectivity index (χ4v) is 8.43. The van der Waals surface area contributed by atoms with E-state index in [2.05, 4.69) is 121 Å². The van der Waals surface area contributed by atoms with Gasteiger partial charge in [-0.2, -0.15) is 0 Å². The van der Waals surface area contributed by atoms with Crippen LogP contribution in [-0.4, -0.2) is 19.9 Å². The van der Waals surface area contributed by atoms with E-state index in [1.54, 1.807) is 0 Å². The van der Waals surface area contributed by atoms with Gasteiger partial charge in [-0.3, -0.25) is 4.98 Å². The summed E-state index contributed by atoms with van der Waals surface area (Å²) >= 11 is 1.91. The summed E-state index contributed by atoms with van der Waals surface area (Å²) in [5.74, 6) is 2.97. The number of hydrogen-bond acceptors (Lipinski definition) is 5. The van der Waals surface area contributed by atoms with Crippen LogP contribution in [0.3, 0.4) is 0 Å². The normalized spacial score (nSPS) is 19.1. The van der Waals surface area contributed by atoms with Crippen molar-refractivity contribution in [2.24, 2.45) is 5.92 Å². The standard InChI is InChI=1S/C42H30N4S/c1-3-10-27(11-4-1)28-18-20-30(21-19-28)41-44-40(29-12-5-2-6-13-29)45-42(46-41)32-15-9-14-31(26-32)33-22-23-35-39-37(24-25-43-35)47-36-17-8-7-16-34(36)38(33)39/h1-15,17-26,33-34,38H,16H2. The van der Waals surface area contributed by atoms with Crippen molar-refractivity contribution in [3.8, 4) is 45.3 Å². The third-order valence-electron chi connectivity index (χ3n) is 9.42. The third kappa shape index (κ3) is 5.13. The second-order valence-electron chi connectivity index (χ2n) is 12.2. The van der Waals surface area contributed by atoms with Crippen molar-refractivity contribution >= 4 is 17.8 Å². The molecule has 6 aromatic rings. The largest absolute Gasteiger partial charge is 0.257 e. The average molecular weight is 623 g/mol. The molecule has 0 N–H and O–H groups in total. The lowest BCUT2D eigenvalue weighted by molar-refractivity contribution is 0.448. The van der Waals surface area contributed by atoms with Gasteiger partial charge < -0.3 is 0 Å². The van der Waals surface area contributed by atoms with Crippen LogP contribution in [0.1, 0.15) is 35.1 Å². The fourth-order valence-electron chi connectivity index (χ4n) is 7.16. The molecule has 5 heteroatoms. The lowest BCUT2D eigenvalue weighted by Crippen LogP contribution is -2.27. The lowest BCUT2D eigenvalue weighted by Gasteiger charge is -2.42. The van der Waals surface area contributed by atoms with Gasteiger partial charge in [0.1, 0.15) is 0 Å². The second kappa shape index (κ2) is 11.8. The van der Waals surface area contributed by atoms with E-state index in [0.29, 0.717) is 29.3 Å². The Hall–Kier alpha value is -5.39. The zero-order valence-electron chi connectivity index (χ0n) is 25.6. The van der Waals surface area contributed by atoms with Crippen molar-refractivity contribution in [2.75, 3.05) is 0 Å². The van der Waals surface area contributed by atoms with Gasteiger partial charge >= 0.3 is 0 Å². The Bertz CT molecular complexity index is 2200. The molecule has 3 aliphatic rings. The van der Waals surface area contributed by atoms with Gasteiger partial charge in [-0.25, -0.2) is 15.0 Å². The molecule has 1 aliphatic heterocycles. The maximum Gasteiger partial charge on any atom is 0.164 e. The first kappa shape index (κ1) is 27.9. The first-order valence-electron chi connectivity index (χ1n) is 16.1. The monoisotopic (exact) mass is 622 g/mol. The van der Waals surface area contributed by atoms with Crippen LogP contribution in [0.25, 0.3) is 51.4 Å². The molecule has 2 aromatic heterocycles. The number of thioether (sulfide) groups is 1. The van der Waals surface area contributed by atoms with Gasteiger partial charge in [-0.15, -0.1) is 0 Å². The predicted molar refractivity (Wildman–Crippen MR) is 192 cm³/mol. The lowest BCUT2D eigenvalue weighted by atomic mass is 9.68.